The number of hydrogen-bond donors (Lipinski definition) is 3. The lowest BCUT2D eigenvalue weighted by Gasteiger charge is -2.06. The van der Waals surface area contributed by atoms with E-state index in [1.165, 1.54) is 0 Å². The zero-order chi connectivity index (χ0) is 12.4. The Kier molecular flexibility index (Phi) is 8.46. The van der Waals surface area contributed by atoms with Gasteiger partial charge in [0.25, 0.3) is 0 Å². The van der Waals surface area contributed by atoms with Crippen molar-refractivity contribution in [2.45, 2.75) is 32.2 Å². The van der Waals surface area contributed by atoms with Crippen molar-refractivity contribution in [3.63, 3.8) is 0 Å². The summed E-state index contributed by atoms with van der Waals surface area (Å²) in [7, 11) is 0. The zero-order valence-corrected chi connectivity index (χ0v) is 9.70. The van der Waals surface area contributed by atoms with E-state index < -0.39 is 5.91 Å². The molecule has 6 heteroatoms. The molecule has 5 N–H and O–H groups in total. The van der Waals surface area contributed by atoms with E-state index in [2.05, 4.69) is 5.32 Å². The summed E-state index contributed by atoms with van der Waals surface area (Å²) in [5.41, 5.74) is 10.4. The van der Waals surface area contributed by atoms with Crippen LogP contribution in [0.4, 0.5) is 0 Å². The summed E-state index contributed by atoms with van der Waals surface area (Å²) < 4.78 is 4.88. The smallest absolute Gasteiger partial charge is 0.243 e. The highest BCUT2D eigenvalue weighted by atomic mass is 16.5. The van der Waals surface area contributed by atoms with Crippen LogP contribution in [0.5, 0.6) is 0 Å². The lowest BCUT2D eigenvalue weighted by atomic mass is 10.1. The van der Waals surface area contributed by atoms with E-state index in [0.29, 0.717) is 19.6 Å². The van der Waals surface area contributed by atoms with Crippen LogP contribution in [0.25, 0.3) is 0 Å². The van der Waals surface area contributed by atoms with Crippen molar-refractivity contribution in [1.29, 1.82) is 0 Å². The minimum absolute atomic E-state index is 0.0247. The molecule has 1 unspecified atom stereocenters. The van der Waals surface area contributed by atoms with Gasteiger partial charge in [0.15, 0.2) is 0 Å². The average molecular weight is 231 g/mol. The maximum absolute atomic E-state index is 11.2. The van der Waals surface area contributed by atoms with Crippen LogP contribution in [0.15, 0.2) is 0 Å². The largest absolute Gasteiger partial charge is 0.370 e. The summed E-state index contributed by atoms with van der Waals surface area (Å²) in [6, 6.07) is 0.131. The van der Waals surface area contributed by atoms with E-state index in [9.17, 15) is 9.59 Å². The molecule has 0 aliphatic carbocycles. The fraction of sp³-hybridized carbons (Fsp3) is 0.800. The van der Waals surface area contributed by atoms with Gasteiger partial charge in [-0.3, -0.25) is 9.59 Å². The maximum Gasteiger partial charge on any atom is 0.243 e. The normalized spacial score (nSPS) is 12.1. The molecule has 0 saturated heterocycles. The predicted molar refractivity (Wildman–Crippen MR) is 60.5 cm³/mol. The van der Waals surface area contributed by atoms with Crippen molar-refractivity contribution in [2.75, 3.05) is 19.8 Å². The van der Waals surface area contributed by atoms with Crippen molar-refractivity contribution < 1.29 is 14.3 Å². The van der Waals surface area contributed by atoms with Gasteiger partial charge in [-0.05, 0) is 19.8 Å². The van der Waals surface area contributed by atoms with Crippen molar-refractivity contribution in [1.82, 2.24) is 5.32 Å². The number of primary amides is 1. The fourth-order valence-electron chi connectivity index (χ4n) is 1.11. The first-order chi connectivity index (χ1) is 7.52. The number of amides is 2. The second kappa shape index (κ2) is 9.11. The third-order valence-electron chi connectivity index (χ3n) is 1.88. The summed E-state index contributed by atoms with van der Waals surface area (Å²) in [5, 5.41) is 2.67. The van der Waals surface area contributed by atoms with Gasteiger partial charge in [-0.25, -0.2) is 0 Å². The monoisotopic (exact) mass is 231 g/mol. The molecule has 6 nitrogen and oxygen atoms in total. The molecule has 0 rings (SSSR count). The molecule has 0 radical (unpaired) electrons. The molecule has 0 heterocycles. The molecule has 0 aliphatic rings. The van der Waals surface area contributed by atoms with Crippen LogP contribution in [0, 0.1) is 0 Å². The Morgan fingerprint density at radius 1 is 1.44 bits per heavy atom. The minimum Gasteiger partial charge on any atom is -0.370 e. The molecule has 2 amide bonds. The molecule has 94 valence electrons. The Hall–Kier alpha value is -1.14. The number of carbonyl (C=O) groups is 2. The maximum atomic E-state index is 11.2. The highest BCUT2D eigenvalue weighted by Crippen LogP contribution is 1.97. The topological polar surface area (TPSA) is 107 Å². The van der Waals surface area contributed by atoms with Gasteiger partial charge in [0.1, 0.15) is 6.61 Å². The number of hydrogen-bond acceptors (Lipinski definition) is 4. The van der Waals surface area contributed by atoms with Gasteiger partial charge in [0.05, 0.1) is 6.61 Å². The molecule has 0 fully saturated rings. The number of rotatable bonds is 9. The molecule has 16 heavy (non-hydrogen) atoms. The number of nitrogens with one attached hydrogen (secondary N) is 1. The third kappa shape index (κ3) is 10.9. The molecular weight excluding hydrogens is 210 g/mol. The van der Waals surface area contributed by atoms with Gasteiger partial charge < -0.3 is 21.5 Å². The second-order valence-corrected chi connectivity index (χ2v) is 3.74. The first-order valence-electron chi connectivity index (χ1n) is 5.40. The number of carbonyl (C=O) groups excluding carboxylic acids is 2. The number of ether oxygens (including phenoxy) is 1. The quantitative estimate of drug-likeness (QED) is 0.448. The number of nitrogens with two attached hydrogens (primary N) is 2. The predicted octanol–water partition coefficient (Wildman–Crippen LogP) is -0.878. The van der Waals surface area contributed by atoms with Crippen LogP contribution >= 0.6 is 0 Å². The summed E-state index contributed by atoms with van der Waals surface area (Å²) >= 11 is 0. The van der Waals surface area contributed by atoms with Crippen molar-refractivity contribution >= 4 is 11.8 Å². The molecule has 0 spiro atoms. The molecule has 1 atom stereocenters. The van der Waals surface area contributed by atoms with Gasteiger partial charge in [-0.15, -0.1) is 0 Å². The Morgan fingerprint density at radius 2 is 2.12 bits per heavy atom. The zero-order valence-electron chi connectivity index (χ0n) is 9.70. The van der Waals surface area contributed by atoms with E-state index in [1.807, 2.05) is 6.92 Å². The average Bonchev–Trinajstić information content (AvgIpc) is 2.16. The van der Waals surface area contributed by atoms with Crippen LogP contribution in [0.1, 0.15) is 26.2 Å². The first kappa shape index (κ1) is 14.9. The second-order valence-electron chi connectivity index (χ2n) is 3.74. The summed E-state index contributed by atoms with van der Waals surface area (Å²) in [6.07, 6.45) is 2.09. The lowest BCUT2D eigenvalue weighted by Crippen LogP contribution is -2.28. The molecule has 0 aliphatic heterocycles. The minimum atomic E-state index is -0.511. The summed E-state index contributed by atoms with van der Waals surface area (Å²) in [6.45, 7) is 2.49. The van der Waals surface area contributed by atoms with Crippen molar-refractivity contribution in [2.24, 2.45) is 11.5 Å². The van der Waals surface area contributed by atoms with Crippen molar-refractivity contribution in [3.05, 3.63) is 0 Å². The van der Waals surface area contributed by atoms with E-state index in [1.54, 1.807) is 0 Å². The van der Waals surface area contributed by atoms with Gasteiger partial charge in [0, 0.05) is 19.0 Å². The third-order valence-corrected chi connectivity index (χ3v) is 1.88. The van der Waals surface area contributed by atoms with Crippen LogP contribution < -0.4 is 16.8 Å². The Bertz CT molecular complexity index is 219. The van der Waals surface area contributed by atoms with Gasteiger partial charge in [0.2, 0.25) is 11.8 Å². The SMILES string of the molecule is CC(N)CCCC(=O)NCCOCC(N)=O. The molecule has 0 bridgehead atoms. The molecule has 0 aromatic carbocycles. The highest BCUT2D eigenvalue weighted by Gasteiger charge is 2.02. The summed E-state index contributed by atoms with van der Waals surface area (Å²) in [4.78, 5) is 21.5. The first-order valence-corrected chi connectivity index (χ1v) is 5.40. The molecule has 0 aromatic rings. The highest BCUT2D eigenvalue weighted by molar-refractivity contribution is 5.76. The lowest BCUT2D eigenvalue weighted by molar-refractivity contribution is -0.122. The summed E-state index contributed by atoms with van der Waals surface area (Å²) in [5.74, 6) is -0.536. The van der Waals surface area contributed by atoms with E-state index in [4.69, 9.17) is 16.2 Å². The van der Waals surface area contributed by atoms with Gasteiger partial charge in [-0.1, -0.05) is 0 Å². The van der Waals surface area contributed by atoms with Crippen LogP contribution in [-0.2, 0) is 14.3 Å². The van der Waals surface area contributed by atoms with E-state index >= 15 is 0 Å². The van der Waals surface area contributed by atoms with Crippen LogP contribution in [0.3, 0.4) is 0 Å². The molecule has 0 aromatic heterocycles. The fourth-order valence-corrected chi connectivity index (χ4v) is 1.11. The molecule has 0 saturated carbocycles. The van der Waals surface area contributed by atoms with E-state index in [-0.39, 0.29) is 18.6 Å². The van der Waals surface area contributed by atoms with E-state index in [0.717, 1.165) is 12.8 Å². The Balaban J connectivity index is 3.27. The Morgan fingerprint density at radius 3 is 2.69 bits per heavy atom. The van der Waals surface area contributed by atoms with Gasteiger partial charge in [-0.2, -0.15) is 0 Å². The van der Waals surface area contributed by atoms with Crippen LogP contribution in [0.2, 0.25) is 0 Å². The standard InChI is InChI=1S/C10H21N3O3/c1-8(11)3-2-4-10(15)13-5-6-16-7-9(12)14/h8H,2-7,11H2,1H3,(H2,12,14)(H,13,15). The molecular formula is C10H21N3O3. The van der Waals surface area contributed by atoms with Gasteiger partial charge >= 0.3 is 0 Å². The van der Waals surface area contributed by atoms with Crippen LogP contribution in [-0.4, -0.2) is 37.6 Å². The Labute approximate surface area is 95.7 Å². The van der Waals surface area contributed by atoms with Crippen molar-refractivity contribution in [3.8, 4) is 0 Å².